The third-order valence-corrected chi connectivity index (χ3v) is 17.2. The van der Waals surface area contributed by atoms with Gasteiger partial charge in [-0.25, -0.2) is 0 Å². The Bertz CT molecular complexity index is 3440. The molecule has 0 radical (unpaired) electrons. The molecule has 4 aliphatic rings. The maximum absolute atomic E-state index is 7.06. The van der Waals surface area contributed by atoms with E-state index in [-0.39, 0.29) is 28.6 Å². The third kappa shape index (κ3) is 4.92. The van der Waals surface area contributed by atoms with E-state index in [1.165, 1.54) is 117 Å². The summed E-state index contributed by atoms with van der Waals surface area (Å²) in [4.78, 5) is 5.63. The van der Waals surface area contributed by atoms with Gasteiger partial charge in [0, 0.05) is 76.2 Å². The van der Waals surface area contributed by atoms with Gasteiger partial charge in [-0.1, -0.05) is 146 Å². The van der Waals surface area contributed by atoms with Crippen molar-refractivity contribution in [2.24, 2.45) is 0 Å². The summed E-state index contributed by atoms with van der Waals surface area (Å²) in [6.45, 7) is 19.4. The monoisotopic (exact) mass is 836 g/mol. The van der Waals surface area contributed by atoms with Gasteiger partial charge >= 0.3 is 6.85 Å². The first kappa shape index (κ1) is 37.8. The van der Waals surface area contributed by atoms with Crippen LogP contribution >= 0.6 is 11.3 Å². The second kappa shape index (κ2) is 12.5. The Balaban J connectivity index is 1.24. The van der Waals surface area contributed by atoms with Gasteiger partial charge in [-0.15, -0.1) is 11.3 Å². The van der Waals surface area contributed by atoms with Crippen molar-refractivity contribution in [3.8, 4) is 22.3 Å². The standard InChI is InChI=1S/C58H53BN2OS/c1-55(2,3)35-24-25-44(39(28-35)34-18-10-9-11-19-34)60-45-33-50-40(37-20-13-15-23-49(37)63-50)31-43(45)59-53-46(60)32-48-51(38-21-12-14-22-47(38)62-48)52(53)41-29-36(56(4,5)6)30-42-54(41)61(59)58(8)27-17-16-26-57(42,58)7/h9-15,18-25,28-33H,16-17,26-27H2,1-8H3. The van der Waals surface area contributed by atoms with Crippen LogP contribution in [0.3, 0.4) is 0 Å². The molecular formula is C58H53BN2OS. The summed E-state index contributed by atoms with van der Waals surface area (Å²) >= 11 is 1.92. The molecule has 1 saturated carbocycles. The van der Waals surface area contributed by atoms with Crippen molar-refractivity contribution in [2.45, 2.75) is 103 Å². The van der Waals surface area contributed by atoms with Crippen molar-refractivity contribution >= 4 is 94.0 Å². The van der Waals surface area contributed by atoms with Crippen molar-refractivity contribution in [2.75, 3.05) is 9.71 Å². The SMILES string of the molecule is CC(C)(C)c1ccc(N2c3cc4sc5ccccc5c4cc3B3c4c2cc2oc5ccccc5c2c4-c2cc(C(C)(C)C)cc4c2N3C2(C)CCCCC42C)c(-c2ccccc2)c1. The molecule has 2 atom stereocenters. The van der Waals surface area contributed by atoms with Crippen LogP contribution in [0.15, 0.2) is 132 Å². The van der Waals surface area contributed by atoms with Crippen LogP contribution in [0.5, 0.6) is 0 Å². The van der Waals surface area contributed by atoms with Gasteiger partial charge in [-0.2, -0.15) is 0 Å². The van der Waals surface area contributed by atoms with Crippen LogP contribution in [0.2, 0.25) is 0 Å². The summed E-state index contributed by atoms with van der Waals surface area (Å²) in [7, 11) is 0. The zero-order valence-electron chi connectivity index (χ0n) is 37.7. The number of para-hydroxylation sites is 1. The van der Waals surface area contributed by atoms with Gasteiger partial charge in [-0.3, -0.25) is 0 Å². The Labute approximate surface area is 375 Å². The Morgan fingerprint density at radius 1 is 0.603 bits per heavy atom. The fraction of sp³-hybridized carbons (Fsp3) is 0.276. The van der Waals surface area contributed by atoms with Gasteiger partial charge in [0.05, 0.1) is 5.69 Å². The Morgan fingerprint density at radius 2 is 1.32 bits per heavy atom. The van der Waals surface area contributed by atoms with E-state index in [0.717, 1.165) is 17.6 Å². The summed E-state index contributed by atoms with van der Waals surface area (Å²) in [5, 5.41) is 5.13. The highest BCUT2D eigenvalue weighted by atomic mass is 32.1. The maximum Gasteiger partial charge on any atom is 0.328 e. The highest BCUT2D eigenvalue weighted by molar-refractivity contribution is 7.26. The molecule has 0 spiro atoms. The van der Waals surface area contributed by atoms with E-state index in [1.807, 2.05) is 11.3 Å². The van der Waals surface area contributed by atoms with Crippen LogP contribution in [0, 0.1) is 0 Å². The summed E-state index contributed by atoms with van der Waals surface area (Å²) in [6, 6.07) is 48.9. The Kier molecular flexibility index (Phi) is 7.48. The topological polar surface area (TPSA) is 19.6 Å². The number of rotatable bonds is 2. The quantitative estimate of drug-likeness (QED) is 0.162. The van der Waals surface area contributed by atoms with Gasteiger partial charge in [-0.05, 0) is 106 Å². The molecule has 5 heteroatoms. The van der Waals surface area contributed by atoms with Crippen LogP contribution < -0.4 is 20.6 Å². The molecule has 7 aromatic carbocycles. The smallest absolute Gasteiger partial charge is 0.328 e. The molecule has 13 rings (SSSR count). The van der Waals surface area contributed by atoms with E-state index in [4.69, 9.17) is 4.42 Å². The zero-order valence-corrected chi connectivity index (χ0v) is 38.6. The Morgan fingerprint density at radius 3 is 2.11 bits per heavy atom. The number of nitrogens with zero attached hydrogens (tertiary/aromatic N) is 2. The lowest BCUT2D eigenvalue weighted by atomic mass is 9.42. The predicted octanol–water partition coefficient (Wildman–Crippen LogP) is 15.2. The number of hydrogen-bond donors (Lipinski definition) is 0. The molecule has 310 valence electrons. The summed E-state index contributed by atoms with van der Waals surface area (Å²) in [5.41, 5.74) is 19.1. The van der Waals surface area contributed by atoms with Gasteiger partial charge < -0.3 is 14.1 Å². The van der Waals surface area contributed by atoms with E-state index in [2.05, 4.69) is 192 Å². The second-order valence-electron chi connectivity index (χ2n) is 21.6. The highest BCUT2D eigenvalue weighted by Crippen LogP contribution is 2.64. The molecule has 2 unspecified atom stereocenters. The van der Waals surface area contributed by atoms with E-state index in [0.29, 0.717) is 0 Å². The minimum Gasteiger partial charge on any atom is -0.456 e. The molecule has 0 bridgehead atoms. The predicted molar refractivity (Wildman–Crippen MR) is 271 cm³/mol. The Hall–Kier alpha value is -5.78. The minimum absolute atomic E-state index is 0.00643. The lowest BCUT2D eigenvalue weighted by molar-refractivity contribution is 0.199. The number of fused-ring (bicyclic) bond motifs is 14. The molecule has 2 aromatic heterocycles. The number of thiophene rings is 1. The van der Waals surface area contributed by atoms with Gasteiger partial charge in [0.25, 0.3) is 0 Å². The summed E-state index contributed by atoms with van der Waals surface area (Å²) in [6.07, 6.45) is 4.85. The average molecular weight is 837 g/mol. The van der Waals surface area contributed by atoms with E-state index in [9.17, 15) is 0 Å². The van der Waals surface area contributed by atoms with Crippen LogP contribution in [-0.2, 0) is 16.2 Å². The first-order valence-electron chi connectivity index (χ1n) is 23.2. The third-order valence-electron chi connectivity index (χ3n) is 16.1. The normalized spacial score (nSPS) is 20.2. The van der Waals surface area contributed by atoms with Crippen molar-refractivity contribution < 1.29 is 4.42 Å². The fourth-order valence-corrected chi connectivity index (χ4v) is 13.7. The first-order chi connectivity index (χ1) is 30.2. The van der Waals surface area contributed by atoms with Gasteiger partial charge in [0.1, 0.15) is 11.2 Å². The van der Waals surface area contributed by atoms with Crippen molar-refractivity contribution in [1.82, 2.24) is 0 Å². The molecule has 5 heterocycles. The molecule has 9 aromatic rings. The molecule has 1 aliphatic carbocycles. The molecule has 1 fully saturated rings. The van der Waals surface area contributed by atoms with Crippen LogP contribution in [0.25, 0.3) is 64.4 Å². The number of furan rings is 1. The molecule has 0 amide bonds. The van der Waals surface area contributed by atoms with E-state index < -0.39 is 0 Å². The summed E-state index contributed by atoms with van der Waals surface area (Å²) < 4.78 is 9.72. The minimum atomic E-state index is -0.0967. The van der Waals surface area contributed by atoms with Crippen molar-refractivity contribution in [3.05, 3.63) is 144 Å². The molecular weight excluding hydrogens is 784 g/mol. The molecule has 0 saturated heterocycles. The number of hydrogen-bond acceptors (Lipinski definition) is 4. The lowest BCUT2D eigenvalue weighted by Gasteiger charge is -2.55. The van der Waals surface area contributed by atoms with Crippen molar-refractivity contribution in [1.29, 1.82) is 0 Å². The fourth-order valence-electron chi connectivity index (χ4n) is 12.6. The van der Waals surface area contributed by atoms with Gasteiger partial charge in [0.15, 0.2) is 0 Å². The first-order valence-corrected chi connectivity index (χ1v) is 24.0. The van der Waals surface area contributed by atoms with Crippen LogP contribution in [-0.4, -0.2) is 12.4 Å². The van der Waals surface area contributed by atoms with Gasteiger partial charge in [0.2, 0.25) is 0 Å². The average Bonchev–Trinajstić information content (AvgIpc) is 3.89. The van der Waals surface area contributed by atoms with Crippen LogP contribution in [0.4, 0.5) is 22.7 Å². The molecule has 3 nitrogen and oxygen atoms in total. The number of benzene rings is 7. The summed E-state index contributed by atoms with van der Waals surface area (Å²) in [5.74, 6) is 0. The second-order valence-corrected chi connectivity index (χ2v) is 22.7. The van der Waals surface area contributed by atoms with E-state index >= 15 is 0 Å². The van der Waals surface area contributed by atoms with Crippen LogP contribution in [0.1, 0.15) is 97.8 Å². The van der Waals surface area contributed by atoms with E-state index in [1.54, 1.807) is 5.56 Å². The largest absolute Gasteiger partial charge is 0.456 e. The zero-order chi connectivity index (χ0) is 42.9. The number of anilines is 4. The maximum atomic E-state index is 7.06. The molecule has 63 heavy (non-hydrogen) atoms. The highest BCUT2D eigenvalue weighted by Gasteiger charge is 2.63. The molecule has 0 N–H and O–H groups in total. The van der Waals surface area contributed by atoms with Crippen molar-refractivity contribution in [3.63, 3.8) is 0 Å². The molecule has 3 aliphatic heterocycles. The lowest BCUT2D eigenvalue weighted by Crippen LogP contribution is -2.70.